The Morgan fingerprint density at radius 1 is 1.03 bits per heavy atom. The molecule has 0 aliphatic rings. The summed E-state index contributed by atoms with van der Waals surface area (Å²) in [7, 11) is 1.64. The van der Waals surface area contributed by atoms with Crippen molar-refractivity contribution in [2.45, 2.75) is 52.1 Å². The van der Waals surface area contributed by atoms with Crippen LogP contribution in [0.25, 0.3) is 21.9 Å². The first kappa shape index (κ1) is 24.3. The van der Waals surface area contributed by atoms with Gasteiger partial charge in [0, 0.05) is 31.4 Å². The highest BCUT2D eigenvalue weighted by molar-refractivity contribution is 6.06. The number of fused-ring (bicyclic) bond motifs is 3. The quantitative estimate of drug-likeness (QED) is 0.271. The second-order valence-electron chi connectivity index (χ2n) is 8.66. The Morgan fingerprint density at radius 3 is 2.60 bits per heavy atom. The first-order chi connectivity index (χ1) is 17.1. The van der Waals surface area contributed by atoms with E-state index in [4.69, 9.17) is 15.5 Å². The van der Waals surface area contributed by atoms with Crippen LogP contribution in [-0.2, 0) is 19.5 Å². The number of nitrogen functional groups attached to an aromatic ring is 1. The number of hydrogen-bond acceptors (Lipinski definition) is 5. The summed E-state index contributed by atoms with van der Waals surface area (Å²) in [6.45, 7) is 4.08. The fourth-order valence-electron chi connectivity index (χ4n) is 4.26. The molecule has 0 aliphatic heterocycles. The summed E-state index contributed by atoms with van der Waals surface area (Å²) < 4.78 is 7.46. The maximum atomic E-state index is 12.2. The lowest BCUT2D eigenvalue weighted by atomic mass is 10.2. The summed E-state index contributed by atoms with van der Waals surface area (Å²) in [4.78, 5) is 21.6. The number of aromatic nitrogens is 3. The molecule has 2 heterocycles. The molecular formula is C27H34N6O2. The number of amides is 2. The molecule has 2 amide bonds. The average Bonchev–Trinajstić information content (AvgIpc) is 3.25. The van der Waals surface area contributed by atoms with Crippen molar-refractivity contribution in [3.05, 3.63) is 59.9 Å². The van der Waals surface area contributed by atoms with Crippen LogP contribution >= 0.6 is 0 Å². The molecule has 0 fully saturated rings. The summed E-state index contributed by atoms with van der Waals surface area (Å²) in [6.07, 6.45) is 4.87. The van der Waals surface area contributed by atoms with Crippen molar-refractivity contribution >= 4 is 33.8 Å². The maximum absolute atomic E-state index is 12.2. The lowest BCUT2D eigenvalue weighted by Gasteiger charge is -2.12. The van der Waals surface area contributed by atoms with Crippen LogP contribution in [0.1, 0.15) is 44.0 Å². The number of para-hydroxylation sites is 1. The number of rotatable bonds is 11. The molecule has 0 saturated carbocycles. The number of anilines is 1. The van der Waals surface area contributed by atoms with Crippen LogP contribution < -0.4 is 21.1 Å². The second-order valence-corrected chi connectivity index (χ2v) is 8.66. The van der Waals surface area contributed by atoms with Crippen molar-refractivity contribution in [3.63, 3.8) is 0 Å². The molecule has 8 nitrogen and oxygen atoms in total. The molecule has 184 valence electrons. The van der Waals surface area contributed by atoms with E-state index >= 15 is 0 Å². The summed E-state index contributed by atoms with van der Waals surface area (Å²) >= 11 is 0. The number of carbonyl (C=O) groups excluding carboxylic acids is 1. The van der Waals surface area contributed by atoms with Crippen LogP contribution in [0, 0.1) is 0 Å². The minimum atomic E-state index is -0.164. The molecule has 8 heteroatoms. The largest absolute Gasteiger partial charge is 0.497 e. The number of nitrogens with two attached hydrogens (primary N) is 1. The smallest absolute Gasteiger partial charge is 0.315 e. The molecule has 0 radical (unpaired) electrons. The number of unbranched alkanes of at least 4 members (excludes halogenated alkanes) is 2. The predicted octanol–water partition coefficient (Wildman–Crippen LogP) is 4.80. The zero-order valence-corrected chi connectivity index (χ0v) is 20.5. The van der Waals surface area contributed by atoms with Crippen molar-refractivity contribution < 1.29 is 9.53 Å². The van der Waals surface area contributed by atoms with Gasteiger partial charge in [-0.2, -0.15) is 0 Å². The number of imidazole rings is 1. The van der Waals surface area contributed by atoms with E-state index in [-0.39, 0.29) is 6.03 Å². The van der Waals surface area contributed by atoms with Crippen molar-refractivity contribution in [1.29, 1.82) is 0 Å². The van der Waals surface area contributed by atoms with Gasteiger partial charge in [0.25, 0.3) is 0 Å². The summed E-state index contributed by atoms with van der Waals surface area (Å²) in [5, 5.41) is 6.92. The SMILES string of the molecule is CCCCc1nc2c(N)nc3ccccc3c2n1CCCCNC(=O)NCc1ccc(OC)cc1. The Bertz CT molecular complexity index is 1280. The number of urea groups is 1. The Morgan fingerprint density at radius 2 is 1.83 bits per heavy atom. The number of hydrogen-bond donors (Lipinski definition) is 3. The van der Waals surface area contributed by atoms with Crippen LogP contribution in [0.5, 0.6) is 5.75 Å². The van der Waals surface area contributed by atoms with E-state index in [1.165, 1.54) is 0 Å². The normalized spacial score (nSPS) is 11.1. The van der Waals surface area contributed by atoms with Crippen LogP contribution in [0.2, 0.25) is 0 Å². The van der Waals surface area contributed by atoms with Crippen LogP contribution in [-0.4, -0.2) is 34.2 Å². The number of nitrogens with zero attached hydrogens (tertiary/aromatic N) is 3. The minimum absolute atomic E-state index is 0.164. The molecule has 35 heavy (non-hydrogen) atoms. The molecule has 2 aromatic heterocycles. The number of aryl methyl sites for hydroxylation is 2. The van der Waals surface area contributed by atoms with Gasteiger partial charge >= 0.3 is 6.03 Å². The first-order valence-corrected chi connectivity index (χ1v) is 12.3. The Kier molecular flexibility index (Phi) is 8.03. The highest BCUT2D eigenvalue weighted by Gasteiger charge is 2.16. The summed E-state index contributed by atoms with van der Waals surface area (Å²) in [5.41, 5.74) is 10.0. The molecule has 0 atom stereocenters. The molecule has 0 aliphatic carbocycles. The molecule has 4 aromatic rings. The van der Waals surface area contributed by atoms with E-state index in [2.05, 4.69) is 33.2 Å². The fraction of sp³-hybridized carbons (Fsp3) is 0.370. The number of nitrogens with one attached hydrogen (secondary N) is 2. The highest BCUT2D eigenvalue weighted by Crippen LogP contribution is 2.29. The molecule has 2 aromatic carbocycles. The van der Waals surface area contributed by atoms with Gasteiger partial charge in [0.2, 0.25) is 0 Å². The van der Waals surface area contributed by atoms with E-state index in [1.807, 2.05) is 42.5 Å². The third-order valence-corrected chi connectivity index (χ3v) is 6.15. The van der Waals surface area contributed by atoms with Crippen LogP contribution in [0.4, 0.5) is 10.6 Å². The van der Waals surface area contributed by atoms with E-state index in [0.717, 1.165) is 77.7 Å². The standard InChI is InChI=1S/C27H34N6O2/c1-3-4-11-23-32-24-25(21-9-5-6-10-22(21)31-26(24)28)33(23)17-8-7-16-29-27(34)30-18-19-12-14-20(35-2)15-13-19/h5-6,9-10,12-15H,3-4,7-8,11,16-18H2,1-2H3,(H2,28,31)(H2,29,30,34). The second kappa shape index (κ2) is 11.6. The number of ether oxygens (including phenoxy) is 1. The Labute approximate surface area is 205 Å². The van der Waals surface area contributed by atoms with Gasteiger partial charge in [-0.25, -0.2) is 14.8 Å². The maximum Gasteiger partial charge on any atom is 0.315 e. The van der Waals surface area contributed by atoms with E-state index < -0.39 is 0 Å². The molecule has 4 rings (SSSR count). The number of carbonyl (C=O) groups is 1. The van der Waals surface area contributed by atoms with Crippen LogP contribution in [0.3, 0.4) is 0 Å². The molecule has 0 saturated heterocycles. The predicted molar refractivity (Wildman–Crippen MR) is 141 cm³/mol. The number of pyridine rings is 1. The van der Waals surface area contributed by atoms with Gasteiger partial charge in [0.15, 0.2) is 5.82 Å². The zero-order chi connectivity index (χ0) is 24.6. The van der Waals surface area contributed by atoms with Crippen molar-refractivity contribution in [2.24, 2.45) is 0 Å². The molecule has 0 bridgehead atoms. The van der Waals surface area contributed by atoms with Crippen molar-refractivity contribution in [1.82, 2.24) is 25.2 Å². The third-order valence-electron chi connectivity index (χ3n) is 6.15. The molecular weight excluding hydrogens is 440 g/mol. The molecule has 0 unspecified atom stereocenters. The third kappa shape index (κ3) is 5.82. The lowest BCUT2D eigenvalue weighted by Crippen LogP contribution is -2.35. The topological polar surface area (TPSA) is 107 Å². The summed E-state index contributed by atoms with van der Waals surface area (Å²) in [5.74, 6) is 2.33. The summed E-state index contributed by atoms with van der Waals surface area (Å²) in [6, 6.07) is 15.6. The number of benzene rings is 2. The average molecular weight is 475 g/mol. The van der Waals surface area contributed by atoms with Gasteiger partial charge in [0.1, 0.15) is 17.1 Å². The lowest BCUT2D eigenvalue weighted by molar-refractivity contribution is 0.240. The van der Waals surface area contributed by atoms with Gasteiger partial charge in [0.05, 0.1) is 18.1 Å². The fourth-order valence-corrected chi connectivity index (χ4v) is 4.26. The van der Waals surface area contributed by atoms with Gasteiger partial charge in [-0.3, -0.25) is 0 Å². The zero-order valence-electron chi connectivity index (χ0n) is 20.5. The van der Waals surface area contributed by atoms with Crippen molar-refractivity contribution in [2.75, 3.05) is 19.4 Å². The van der Waals surface area contributed by atoms with Crippen molar-refractivity contribution in [3.8, 4) is 5.75 Å². The van der Waals surface area contributed by atoms with Gasteiger partial charge in [-0.05, 0) is 43.0 Å². The monoisotopic (exact) mass is 474 g/mol. The van der Waals surface area contributed by atoms with E-state index in [1.54, 1.807) is 7.11 Å². The minimum Gasteiger partial charge on any atom is -0.497 e. The van der Waals surface area contributed by atoms with Crippen LogP contribution in [0.15, 0.2) is 48.5 Å². The Hall–Kier alpha value is -3.81. The van der Waals surface area contributed by atoms with Gasteiger partial charge in [-0.15, -0.1) is 0 Å². The van der Waals surface area contributed by atoms with E-state index in [0.29, 0.717) is 18.9 Å². The van der Waals surface area contributed by atoms with Gasteiger partial charge in [-0.1, -0.05) is 43.7 Å². The highest BCUT2D eigenvalue weighted by atomic mass is 16.5. The molecule has 4 N–H and O–H groups in total. The van der Waals surface area contributed by atoms with Gasteiger partial charge < -0.3 is 25.7 Å². The van der Waals surface area contributed by atoms with E-state index in [9.17, 15) is 4.79 Å². The number of methoxy groups -OCH3 is 1. The first-order valence-electron chi connectivity index (χ1n) is 12.3. The molecule has 0 spiro atoms. The Balaban J connectivity index is 1.35.